The highest BCUT2D eigenvalue weighted by Gasteiger charge is 2.22. The zero-order chi connectivity index (χ0) is 33.4. The summed E-state index contributed by atoms with van der Waals surface area (Å²) >= 11 is 0. The van der Waals surface area contributed by atoms with Gasteiger partial charge in [0.15, 0.2) is 0 Å². The molecule has 3 nitrogen and oxygen atoms in total. The van der Waals surface area contributed by atoms with Crippen LogP contribution in [0.3, 0.4) is 0 Å². The molecule has 0 unspecified atom stereocenters. The van der Waals surface area contributed by atoms with Crippen molar-refractivity contribution < 1.29 is 13.6 Å². The van der Waals surface area contributed by atoms with Crippen LogP contribution >= 0.6 is 24.4 Å². The summed E-state index contributed by atoms with van der Waals surface area (Å²) < 4.78 is 20.5. The third-order valence-corrected chi connectivity index (χ3v) is 14.0. The Balaban J connectivity index is 1.15. The van der Waals surface area contributed by atoms with Crippen molar-refractivity contribution in [3.05, 3.63) is 182 Å². The van der Waals surface area contributed by atoms with E-state index in [0.717, 1.165) is 25.7 Å². The Bertz CT molecular complexity index is 1540. The molecule has 0 atom stereocenters. The van der Waals surface area contributed by atoms with E-state index in [-0.39, 0.29) is 6.10 Å². The van der Waals surface area contributed by atoms with Gasteiger partial charge in [0.25, 0.3) is 0 Å². The van der Waals surface area contributed by atoms with Crippen LogP contribution in [-0.4, -0.2) is 19.3 Å². The second-order valence-electron chi connectivity index (χ2n) is 11.6. The Morgan fingerprint density at radius 1 is 0.327 bits per heavy atom. The average molecular weight is 701 g/mol. The quantitative estimate of drug-likeness (QED) is 0.0662. The van der Waals surface area contributed by atoms with E-state index in [2.05, 4.69) is 182 Å². The third kappa shape index (κ3) is 10.7. The fourth-order valence-corrected chi connectivity index (χ4v) is 11.1. The maximum atomic E-state index is 7.14. The SMILES string of the molecule is c1ccc(P(OCCCC(CCCOP(c2ccccc2)c2ccccc2)OP(c2ccccc2)c2ccccc2)c2ccccc2)cc1. The molecule has 0 amide bonds. The summed E-state index contributed by atoms with van der Waals surface area (Å²) in [4.78, 5) is 0. The van der Waals surface area contributed by atoms with Gasteiger partial charge >= 0.3 is 0 Å². The van der Waals surface area contributed by atoms with Crippen molar-refractivity contribution in [2.45, 2.75) is 31.8 Å². The highest BCUT2D eigenvalue weighted by Crippen LogP contribution is 2.40. The largest absolute Gasteiger partial charge is 0.350 e. The summed E-state index contributed by atoms with van der Waals surface area (Å²) in [6.07, 6.45) is 3.72. The predicted octanol–water partition coefficient (Wildman–Crippen LogP) is 9.11. The zero-order valence-electron chi connectivity index (χ0n) is 27.7. The fourth-order valence-electron chi connectivity index (χ4n) is 5.58. The minimum Gasteiger partial charge on any atom is -0.350 e. The van der Waals surface area contributed by atoms with E-state index in [9.17, 15) is 0 Å². The Kier molecular flexibility index (Phi) is 14.1. The first-order chi connectivity index (χ1) is 24.3. The first-order valence-corrected chi connectivity index (χ1v) is 20.8. The molecule has 0 aromatic heterocycles. The van der Waals surface area contributed by atoms with Gasteiger partial charge in [-0.25, -0.2) is 0 Å². The van der Waals surface area contributed by atoms with Gasteiger partial charge in [-0.2, -0.15) is 0 Å². The van der Waals surface area contributed by atoms with Gasteiger partial charge in [-0.3, -0.25) is 0 Å². The van der Waals surface area contributed by atoms with Crippen LogP contribution < -0.4 is 31.8 Å². The lowest BCUT2D eigenvalue weighted by molar-refractivity contribution is 0.181. The first kappa shape index (κ1) is 35.3. The maximum Gasteiger partial charge on any atom is 0.0921 e. The van der Waals surface area contributed by atoms with E-state index >= 15 is 0 Å². The van der Waals surface area contributed by atoms with Crippen LogP contribution in [0.2, 0.25) is 0 Å². The Morgan fingerprint density at radius 3 is 0.837 bits per heavy atom. The molecule has 0 saturated carbocycles. The molecular formula is C43H43O3P3. The van der Waals surface area contributed by atoms with E-state index in [1.165, 1.54) is 31.8 Å². The second-order valence-corrected chi connectivity index (χ2v) is 17.2. The molecule has 248 valence electrons. The maximum absolute atomic E-state index is 7.14. The second kappa shape index (κ2) is 19.6. The van der Waals surface area contributed by atoms with Crippen molar-refractivity contribution in [2.24, 2.45) is 0 Å². The molecule has 6 aromatic rings. The number of benzene rings is 6. The number of rotatable bonds is 18. The molecule has 0 heterocycles. The molecule has 0 fully saturated rings. The van der Waals surface area contributed by atoms with Crippen molar-refractivity contribution >= 4 is 56.3 Å². The Labute approximate surface area is 295 Å². The lowest BCUT2D eigenvalue weighted by Crippen LogP contribution is -2.21. The van der Waals surface area contributed by atoms with Gasteiger partial charge < -0.3 is 13.6 Å². The van der Waals surface area contributed by atoms with Gasteiger partial charge in [0.05, 0.1) is 43.8 Å². The molecule has 6 rings (SSSR count). The topological polar surface area (TPSA) is 27.7 Å². The van der Waals surface area contributed by atoms with Gasteiger partial charge in [-0.15, -0.1) is 0 Å². The van der Waals surface area contributed by atoms with Gasteiger partial charge in [0, 0.05) is 31.8 Å². The average Bonchev–Trinajstić information content (AvgIpc) is 3.18. The molecule has 49 heavy (non-hydrogen) atoms. The van der Waals surface area contributed by atoms with Crippen LogP contribution in [0, 0.1) is 0 Å². The van der Waals surface area contributed by atoms with Gasteiger partial charge in [-0.1, -0.05) is 182 Å². The minimum absolute atomic E-state index is 0.0677. The van der Waals surface area contributed by atoms with E-state index in [1.807, 2.05) is 0 Å². The van der Waals surface area contributed by atoms with Crippen molar-refractivity contribution in [3.8, 4) is 0 Å². The van der Waals surface area contributed by atoms with Crippen LogP contribution in [0.25, 0.3) is 0 Å². The van der Waals surface area contributed by atoms with Gasteiger partial charge in [-0.05, 0) is 25.7 Å². The molecule has 0 N–H and O–H groups in total. The molecule has 0 saturated heterocycles. The molecule has 6 aromatic carbocycles. The molecule has 0 bridgehead atoms. The van der Waals surface area contributed by atoms with Gasteiger partial charge in [0.1, 0.15) is 0 Å². The molecule has 0 radical (unpaired) electrons. The summed E-state index contributed by atoms with van der Waals surface area (Å²) in [6.45, 7) is 1.35. The van der Waals surface area contributed by atoms with Crippen LogP contribution in [0.15, 0.2) is 182 Å². The number of hydrogen-bond acceptors (Lipinski definition) is 3. The van der Waals surface area contributed by atoms with Crippen molar-refractivity contribution in [1.82, 2.24) is 0 Å². The van der Waals surface area contributed by atoms with Gasteiger partial charge in [0.2, 0.25) is 0 Å². The summed E-state index contributed by atoms with van der Waals surface area (Å²) in [6, 6.07) is 63.8. The summed E-state index contributed by atoms with van der Waals surface area (Å²) in [5.74, 6) is 0. The summed E-state index contributed by atoms with van der Waals surface area (Å²) in [5, 5.41) is 7.40. The zero-order valence-corrected chi connectivity index (χ0v) is 30.4. The minimum atomic E-state index is -0.975. The van der Waals surface area contributed by atoms with Crippen LogP contribution in [0.4, 0.5) is 0 Å². The molecule has 6 heteroatoms. The van der Waals surface area contributed by atoms with Crippen molar-refractivity contribution in [2.75, 3.05) is 13.2 Å². The Morgan fingerprint density at radius 2 is 0.571 bits per heavy atom. The summed E-state index contributed by atoms with van der Waals surface area (Å²) in [5.41, 5.74) is 0. The van der Waals surface area contributed by atoms with E-state index < -0.39 is 24.4 Å². The fraction of sp³-hybridized carbons (Fsp3) is 0.163. The molecular weight excluding hydrogens is 657 g/mol. The van der Waals surface area contributed by atoms with Crippen molar-refractivity contribution in [1.29, 1.82) is 0 Å². The van der Waals surface area contributed by atoms with E-state index in [1.54, 1.807) is 0 Å². The lowest BCUT2D eigenvalue weighted by atomic mass is 10.1. The third-order valence-electron chi connectivity index (χ3n) is 7.98. The standard InChI is InChI=1S/C43H43O3P3/c1-7-23-38(24-8-1)47(39-25-9-2-10-26-39)44-35-19-21-37(46-49(42-31-15-5-16-32-42)43-33-17-6-18-34-43)22-20-36-45-48(40-27-11-3-12-28-40)41-29-13-4-14-30-41/h1-18,23-34,37H,19-22,35-36H2. The predicted molar refractivity (Wildman–Crippen MR) is 212 cm³/mol. The monoisotopic (exact) mass is 700 g/mol. The van der Waals surface area contributed by atoms with Crippen LogP contribution in [0.5, 0.6) is 0 Å². The molecule has 0 spiro atoms. The lowest BCUT2D eigenvalue weighted by Gasteiger charge is -2.26. The molecule has 0 aliphatic carbocycles. The highest BCUT2D eigenvalue weighted by molar-refractivity contribution is 7.69. The van der Waals surface area contributed by atoms with Crippen LogP contribution in [0.1, 0.15) is 25.7 Å². The van der Waals surface area contributed by atoms with E-state index in [4.69, 9.17) is 13.6 Å². The normalized spacial score (nSPS) is 11.5. The first-order valence-electron chi connectivity index (χ1n) is 17.0. The van der Waals surface area contributed by atoms with E-state index in [0.29, 0.717) is 13.2 Å². The Hall–Kier alpha value is -3.51. The summed E-state index contributed by atoms with van der Waals surface area (Å²) in [7, 11) is -2.76. The smallest absolute Gasteiger partial charge is 0.0921 e. The molecule has 0 aliphatic heterocycles. The number of hydrogen-bond donors (Lipinski definition) is 0. The highest BCUT2D eigenvalue weighted by atomic mass is 31.1. The van der Waals surface area contributed by atoms with Crippen molar-refractivity contribution in [3.63, 3.8) is 0 Å². The molecule has 0 aliphatic rings. The van der Waals surface area contributed by atoms with Crippen LogP contribution in [-0.2, 0) is 13.6 Å².